The highest BCUT2D eigenvalue weighted by Crippen LogP contribution is 2.48. The summed E-state index contributed by atoms with van der Waals surface area (Å²) in [6.45, 7) is 8.26. The second kappa shape index (κ2) is 7.70. The molecule has 0 spiro atoms. The van der Waals surface area contributed by atoms with E-state index in [1.165, 1.54) is 57.8 Å². The summed E-state index contributed by atoms with van der Waals surface area (Å²) >= 11 is 0. The molecular weight excluding hydrogens is 283 g/mol. The maximum atomic E-state index is 14.4. The predicted molar refractivity (Wildman–Crippen MR) is 97.0 cm³/mol. The molecule has 3 fully saturated rings. The molecule has 132 valence electrons. The fourth-order valence-electron chi connectivity index (χ4n) is 6.19. The third-order valence-electron chi connectivity index (χ3n) is 7.92. The van der Waals surface area contributed by atoms with Crippen molar-refractivity contribution in [1.29, 1.82) is 0 Å². The van der Waals surface area contributed by atoms with Gasteiger partial charge < -0.3 is 0 Å². The van der Waals surface area contributed by atoms with Gasteiger partial charge in [0.15, 0.2) is 0 Å². The molecule has 0 bridgehead atoms. The zero-order valence-electron chi connectivity index (χ0n) is 15.4. The Morgan fingerprint density at radius 1 is 0.739 bits per heavy atom. The van der Waals surface area contributed by atoms with Gasteiger partial charge >= 0.3 is 0 Å². The van der Waals surface area contributed by atoms with Crippen LogP contribution in [0.5, 0.6) is 0 Å². The summed E-state index contributed by atoms with van der Waals surface area (Å²) in [4.78, 5) is 0. The second-order valence-electron chi connectivity index (χ2n) is 9.11. The molecule has 0 aromatic heterocycles. The molecule has 3 unspecified atom stereocenters. The minimum atomic E-state index is -0.555. The lowest BCUT2D eigenvalue weighted by Crippen LogP contribution is -2.38. The van der Waals surface area contributed by atoms with E-state index in [9.17, 15) is 4.39 Å². The molecule has 23 heavy (non-hydrogen) atoms. The largest absolute Gasteiger partial charge is 0.247 e. The molecule has 0 aromatic carbocycles. The average molecular weight is 321 g/mol. The molecule has 0 aromatic rings. The van der Waals surface area contributed by atoms with Crippen molar-refractivity contribution in [2.24, 2.45) is 41.4 Å². The van der Waals surface area contributed by atoms with E-state index in [1.807, 2.05) is 0 Å². The van der Waals surface area contributed by atoms with E-state index in [-0.39, 0.29) is 5.92 Å². The summed E-state index contributed by atoms with van der Waals surface area (Å²) < 4.78 is 14.4. The number of hydrogen-bond donors (Lipinski definition) is 0. The van der Waals surface area contributed by atoms with Crippen LogP contribution in [0.1, 0.15) is 78.1 Å². The van der Waals surface area contributed by atoms with E-state index >= 15 is 0 Å². The molecule has 0 aliphatic heterocycles. The molecule has 3 rings (SSSR count). The fraction of sp³-hybridized carbons (Fsp3) is 0.909. The summed E-state index contributed by atoms with van der Waals surface area (Å²) in [6.07, 6.45) is 15.2. The monoisotopic (exact) mass is 320 g/mol. The number of rotatable bonds is 3. The van der Waals surface area contributed by atoms with E-state index in [0.29, 0.717) is 11.8 Å². The summed E-state index contributed by atoms with van der Waals surface area (Å²) in [6, 6.07) is 0. The molecule has 0 saturated heterocycles. The molecule has 0 amide bonds. The van der Waals surface area contributed by atoms with Gasteiger partial charge in [-0.3, -0.25) is 0 Å². The first-order valence-electron chi connectivity index (χ1n) is 10.4. The molecule has 3 aliphatic rings. The van der Waals surface area contributed by atoms with Gasteiger partial charge in [-0.15, -0.1) is 6.58 Å². The second-order valence-corrected chi connectivity index (χ2v) is 9.11. The standard InChI is InChI=1S/C22H37F/c1-4-17-6-8-18(9-7-17)19-10-12-20(13-11-19)21-14-5-15(2)22(23)16(21)3/h4,15-22H,1,5-14H2,2-3H3/t15?,16?,17?,18?,19?,20?,21-,22?/m1/s1. The van der Waals surface area contributed by atoms with E-state index in [4.69, 9.17) is 0 Å². The van der Waals surface area contributed by atoms with Crippen molar-refractivity contribution in [1.82, 2.24) is 0 Å². The van der Waals surface area contributed by atoms with Crippen LogP contribution in [0, 0.1) is 41.4 Å². The number of alkyl halides is 1. The first-order valence-corrected chi connectivity index (χ1v) is 10.4. The van der Waals surface area contributed by atoms with Gasteiger partial charge in [0, 0.05) is 0 Å². The normalized spacial score (nSPS) is 48.8. The van der Waals surface area contributed by atoms with Crippen LogP contribution in [0.4, 0.5) is 4.39 Å². The van der Waals surface area contributed by atoms with Crippen LogP contribution in [-0.4, -0.2) is 6.17 Å². The molecule has 0 nitrogen and oxygen atoms in total. The molecule has 0 N–H and O–H groups in total. The van der Waals surface area contributed by atoms with E-state index in [1.54, 1.807) is 0 Å². The highest BCUT2D eigenvalue weighted by atomic mass is 19.1. The van der Waals surface area contributed by atoms with Gasteiger partial charge in [-0.1, -0.05) is 19.9 Å². The van der Waals surface area contributed by atoms with Gasteiger partial charge in [-0.05, 0) is 106 Å². The molecular formula is C22H37F. The first-order chi connectivity index (χ1) is 11.1. The van der Waals surface area contributed by atoms with Gasteiger partial charge in [0.1, 0.15) is 6.17 Å². The van der Waals surface area contributed by atoms with Crippen molar-refractivity contribution in [2.45, 2.75) is 84.2 Å². The molecule has 4 atom stereocenters. The summed E-state index contributed by atoms with van der Waals surface area (Å²) in [5.74, 6) is 4.80. The van der Waals surface area contributed by atoms with E-state index in [2.05, 4.69) is 26.5 Å². The maximum absolute atomic E-state index is 14.4. The van der Waals surface area contributed by atoms with Crippen LogP contribution in [0.15, 0.2) is 12.7 Å². The number of allylic oxidation sites excluding steroid dienone is 1. The minimum absolute atomic E-state index is 0.289. The zero-order chi connectivity index (χ0) is 16.4. The Morgan fingerprint density at radius 3 is 1.83 bits per heavy atom. The average Bonchev–Trinajstić information content (AvgIpc) is 2.60. The Balaban J connectivity index is 1.48. The number of hydrogen-bond acceptors (Lipinski definition) is 0. The Kier molecular flexibility index (Phi) is 5.86. The van der Waals surface area contributed by atoms with E-state index < -0.39 is 6.17 Å². The van der Waals surface area contributed by atoms with Gasteiger partial charge in [0.25, 0.3) is 0 Å². The van der Waals surface area contributed by atoms with E-state index in [0.717, 1.165) is 30.1 Å². The van der Waals surface area contributed by atoms with Crippen LogP contribution in [0.25, 0.3) is 0 Å². The van der Waals surface area contributed by atoms with Crippen molar-refractivity contribution in [3.8, 4) is 0 Å². The predicted octanol–water partition coefficient (Wildman–Crippen LogP) is 6.81. The summed E-state index contributed by atoms with van der Waals surface area (Å²) in [5, 5.41) is 0. The smallest absolute Gasteiger partial charge is 0.105 e. The Bertz CT molecular complexity index is 373. The molecule has 1 heteroatoms. The van der Waals surface area contributed by atoms with Gasteiger partial charge in [-0.2, -0.15) is 0 Å². The Morgan fingerprint density at radius 2 is 1.26 bits per heavy atom. The van der Waals surface area contributed by atoms with Gasteiger partial charge in [-0.25, -0.2) is 4.39 Å². The third kappa shape index (κ3) is 3.85. The summed E-state index contributed by atoms with van der Waals surface area (Å²) in [5.41, 5.74) is 0. The Labute approximate surface area is 143 Å². The maximum Gasteiger partial charge on any atom is 0.105 e. The lowest BCUT2D eigenvalue weighted by atomic mass is 9.62. The van der Waals surface area contributed by atoms with Crippen molar-refractivity contribution in [3.63, 3.8) is 0 Å². The van der Waals surface area contributed by atoms with Crippen LogP contribution in [0.3, 0.4) is 0 Å². The van der Waals surface area contributed by atoms with Crippen LogP contribution < -0.4 is 0 Å². The lowest BCUT2D eigenvalue weighted by molar-refractivity contribution is 0.0204. The number of halogens is 1. The zero-order valence-corrected chi connectivity index (χ0v) is 15.4. The van der Waals surface area contributed by atoms with Crippen LogP contribution in [0.2, 0.25) is 0 Å². The molecule has 0 heterocycles. The van der Waals surface area contributed by atoms with Crippen LogP contribution >= 0.6 is 0 Å². The Hall–Kier alpha value is -0.330. The molecule has 3 saturated carbocycles. The van der Waals surface area contributed by atoms with Gasteiger partial charge in [0.05, 0.1) is 0 Å². The lowest BCUT2D eigenvalue weighted by Gasteiger charge is -2.44. The van der Waals surface area contributed by atoms with Crippen molar-refractivity contribution >= 4 is 0 Å². The minimum Gasteiger partial charge on any atom is -0.247 e. The quantitative estimate of drug-likeness (QED) is 0.501. The van der Waals surface area contributed by atoms with Gasteiger partial charge in [0.2, 0.25) is 0 Å². The summed E-state index contributed by atoms with van der Waals surface area (Å²) in [7, 11) is 0. The fourth-order valence-corrected chi connectivity index (χ4v) is 6.19. The third-order valence-corrected chi connectivity index (χ3v) is 7.92. The highest BCUT2D eigenvalue weighted by Gasteiger charge is 2.40. The SMILES string of the molecule is C=CC1CCC(C2CCC([C@@H]3CCC(C)C(F)C3C)CC2)CC1. The van der Waals surface area contributed by atoms with Crippen LogP contribution in [-0.2, 0) is 0 Å². The highest BCUT2D eigenvalue weighted by molar-refractivity contribution is 4.91. The van der Waals surface area contributed by atoms with Crippen molar-refractivity contribution in [3.05, 3.63) is 12.7 Å². The topological polar surface area (TPSA) is 0 Å². The van der Waals surface area contributed by atoms with Crippen molar-refractivity contribution < 1.29 is 4.39 Å². The molecule has 3 aliphatic carbocycles. The van der Waals surface area contributed by atoms with Crippen molar-refractivity contribution in [2.75, 3.05) is 0 Å². The first kappa shape index (κ1) is 17.5. The molecule has 0 radical (unpaired) electrons.